The first-order chi connectivity index (χ1) is 12.6. The fourth-order valence-electron chi connectivity index (χ4n) is 2.99. The van der Waals surface area contributed by atoms with Gasteiger partial charge in [-0.2, -0.15) is 5.26 Å². The molecule has 0 saturated carbocycles. The summed E-state index contributed by atoms with van der Waals surface area (Å²) < 4.78 is 1.72. The van der Waals surface area contributed by atoms with Gasteiger partial charge in [0.25, 0.3) is 5.56 Å². The zero-order valence-electron chi connectivity index (χ0n) is 15.0. The molecule has 4 nitrogen and oxygen atoms in total. The molecule has 2 aromatic carbocycles. The molecule has 0 bridgehead atoms. The molecule has 3 rings (SSSR count). The lowest BCUT2D eigenvalue weighted by molar-refractivity contribution is 0.803. The van der Waals surface area contributed by atoms with Gasteiger partial charge >= 0.3 is 0 Å². The van der Waals surface area contributed by atoms with Crippen LogP contribution >= 0.6 is 11.8 Å². The number of hydrogen-bond donors (Lipinski definition) is 0. The molecule has 3 aromatic rings. The van der Waals surface area contributed by atoms with Crippen molar-refractivity contribution in [3.05, 3.63) is 63.9 Å². The number of aryl methyl sites for hydroxylation is 2. The second-order valence-corrected chi connectivity index (χ2v) is 7.42. The molecule has 0 radical (unpaired) electrons. The highest BCUT2D eigenvalue weighted by Gasteiger charge is 2.13. The summed E-state index contributed by atoms with van der Waals surface area (Å²) in [6.45, 7) is 4.06. The number of para-hydroxylation sites is 1. The van der Waals surface area contributed by atoms with Crippen molar-refractivity contribution in [1.29, 1.82) is 5.26 Å². The Bertz CT molecular complexity index is 1010. The zero-order valence-corrected chi connectivity index (χ0v) is 15.8. The second-order valence-electron chi connectivity index (χ2n) is 6.36. The van der Waals surface area contributed by atoms with Gasteiger partial charge in [-0.05, 0) is 62.1 Å². The maximum Gasteiger partial charge on any atom is 0.266 e. The van der Waals surface area contributed by atoms with Crippen LogP contribution in [0.25, 0.3) is 16.6 Å². The Morgan fingerprint density at radius 1 is 1.12 bits per heavy atom. The lowest BCUT2D eigenvalue weighted by Gasteiger charge is -2.14. The van der Waals surface area contributed by atoms with E-state index in [1.807, 2.05) is 50.2 Å². The minimum atomic E-state index is -0.0416. The first-order valence-electron chi connectivity index (χ1n) is 8.70. The second kappa shape index (κ2) is 8.20. The van der Waals surface area contributed by atoms with Gasteiger partial charge in [-0.15, -0.1) is 0 Å². The first kappa shape index (κ1) is 18.2. The van der Waals surface area contributed by atoms with Gasteiger partial charge < -0.3 is 0 Å². The highest BCUT2D eigenvalue weighted by Crippen LogP contribution is 2.23. The number of nitriles is 1. The van der Waals surface area contributed by atoms with E-state index in [1.165, 1.54) is 0 Å². The van der Waals surface area contributed by atoms with Gasteiger partial charge in [0.15, 0.2) is 5.16 Å². The van der Waals surface area contributed by atoms with Crippen molar-refractivity contribution >= 4 is 22.7 Å². The predicted molar refractivity (Wildman–Crippen MR) is 107 cm³/mol. The van der Waals surface area contributed by atoms with Crippen LogP contribution in [0.5, 0.6) is 0 Å². The Labute approximate surface area is 157 Å². The summed E-state index contributed by atoms with van der Waals surface area (Å²) in [4.78, 5) is 17.9. The Morgan fingerprint density at radius 3 is 2.58 bits per heavy atom. The van der Waals surface area contributed by atoms with E-state index in [0.29, 0.717) is 17.0 Å². The number of benzene rings is 2. The minimum absolute atomic E-state index is 0.0416. The van der Waals surface area contributed by atoms with Gasteiger partial charge in [-0.25, -0.2) is 4.98 Å². The molecule has 26 heavy (non-hydrogen) atoms. The van der Waals surface area contributed by atoms with Crippen LogP contribution in [-0.2, 0) is 0 Å². The Kier molecular flexibility index (Phi) is 5.75. The van der Waals surface area contributed by atoms with Crippen LogP contribution in [0, 0.1) is 25.2 Å². The molecule has 132 valence electrons. The SMILES string of the molecule is Cc1cc(C)cc(-n2c(SCCCCC#N)nc3ccccc3c2=O)c1. The van der Waals surface area contributed by atoms with Crippen LogP contribution in [0.1, 0.15) is 30.4 Å². The third-order valence-corrected chi connectivity index (χ3v) is 5.15. The zero-order chi connectivity index (χ0) is 18.5. The van der Waals surface area contributed by atoms with E-state index in [2.05, 4.69) is 12.1 Å². The molecule has 0 aliphatic carbocycles. The van der Waals surface area contributed by atoms with E-state index in [9.17, 15) is 4.79 Å². The quantitative estimate of drug-likeness (QED) is 0.359. The fourth-order valence-corrected chi connectivity index (χ4v) is 4.00. The minimum Gasteiger partial charge on any atom is -0.268 e. The molecule has 0 saturated heterocycles. The van der Waals surface area contributed by atoms with E-state index in [-0.39, 0.29) is 5.56 Å². The van der Waals surface area contributed by atoms with Crippen LogP contribution in [0.3, 0.4) is 0 Å². The molecule has 0 amide bonds. The summed E-state index contributed by atoms with van der Waals surface area (Å²) in [5.41, 5.74) is 3.76. The standard InChI is InChI=1S/C21H21N3OS/c1-15-12-16(2)14-17(13-15)24-20(25)18-8-4-5-9-19(18)23-21(24)26-11-7-3-6-10-22/h4-5,8-9,12-14H,3,6-7,11H2,1-2H3. The number of hydrogen-bond acceptors (Lipinski definition) is 4. The van der Waals surface area contributed by atoms with Gasteiger partial charge in [0.1, 0.15) is 0 Å². The molecule has 0 N–H and O–H groups in total. The van der Waals surface area contributed by atoms with Crippen molar-refractivity contribution in [2.45, 2.75) is 38.3 Å². The summed E-state index contributed by atoms with van der Waals surface area (Å²) >= 11 is 1.58. The maximum atomic E-state index is 13.2. The topological polar surface area (TPSA) is 58.7 Å². The summed E-state index contributed by atoms with van der Waals surface area (Å²) in [6.07, 6.45) is 2.36. The first-order valence-corrected chi connectivity index (χ1v) is 9.69. The molecule has 0 unspecified atom stereocenters. The van der Waals surface area contributed by atoms with Crippen LogP contribution in [0.2, 0.25) is 0 Å². The van der Waals surface area contributed by atoms with E-state index in [0.717, 1.165) is 40.9 Å². The number of unbranched alkanes of at least 4 members (excludes halogenated alkanes) is 2. The van der Waals surface area contributed by atoms with Crippen molar-refractivity contribution in [1.82, 2.24) is 9.55 Å². The highest BCUT2D eigenvalue weighted by atomic mass is 32.2. The molecule has 0 fully saturated rings. The molecule has 1 heterocycles. The number of aromatic nitrogens is 2. The van der Waals surface area contributed by atoms with Gasteiger partial charge in [-0.3, -0.25) is 9.36 Å². The molecule has 0 aliphatic rings. The molecule has 0 spiro atoms. The predicted octanol–water partition coefficient (Wildman–Crippen LogP) is 4.79. The third-order valence-electron chi connectivity index (χ3n) is 4.12. The Balaban J connectivity index is 2.09. The monoisotopic (exact) mass is 363 g/mol. The summed E-state index contributed by atoms with van der Waals surface area (Å²) in [7, 11) is 0. The highest BCUT2D eigenvalue weighted by molar-refractivity contribution is 7.99. The van der Waals surface area contributed by atoms with E-state index in [1.54, 1.807) is 16.3 Å². The third kappa shape index (κ3) is 3.97. The van der Waals surface area contributed by atoms with Crippen LogP contribution in [0.15, 0.2) is 52.4 Å². The molecule has 5 heteroatoms. The van der Waals surface area contributed by atoms with Crippen molar-refractivity contribution in [2.75, 3.05) is 5.75 Å². The smallest absolute Gasteiger partial charge is 0.266 e. The fraction of sp³-hybridized carbons (Fsp3) is 0.286. The van der Waals surface area contributed by atoms with Gasteiger partial charge in [0.05, 0.1) is 22.7 Å². The van der Waals surface area contributed by atoms with Crippen molar-refractivity contribution < 1.29 is 0 Å². The van der Waals surface area contributed by atoms with E-state index >= 15 is 0 Å². The van der Waals surface area contributed by atoms with Crippen molar-refractivity contribution in [3.63, 3.8) is 0 Å². The molecular weight excluding hydrogens is 342 g/mol. The summed E-state index contributed by atoms with van der Waals surface area (Å²) in [5.74, 6) is 0.831. The summed E-state index contributed by atoms with van der Waals surface area (Å²) in [5, 5.41) is 10.00. The number of fused-ring (bicyclic) bond motifs is 1. The normalized spacial score (nSPS) is 10.8. The lowest BCUT2D eigenvalue weighted by Crippen LogP contribution is -2.22. The average Bonchev–Trinajstić information content (AvgIpc) is 2.61. The number of nitrogens with zero attached hydrogens (tertiary/aromatic N) is 3. The van der Waals surface area contributed by atoms with Crippen LogP contribution < -0.4 is 5.56 Å². The lowest BCUT2D eigenvalue weighted by atomic mass is 10.1. The molecular formula is C21H21N3OS. The van der Waals surface area contributed by atoms with Crippen LogP contribution in [0.4, 0.5) is 0 Å². The molecule has 0 atom stereocenters. The van der Waals surface area contributed by atoms with Gasteiger partial charge in [-0.1, -0.05) is 30.0 Å². The Hall–Kier alpha value is -2.58. The maximum absolute atomic E-state index is 13.2. The van der Waals surface area contributed by atoms with Crippen LogP contribution in [-0.4, -0.2) is 15.3 Å². The van der Waals surface area contributed by atoms with E-state index in [4.69, 9.17) is 10.2 Å². The van der Waals surface area contributed by atoms with E-state index < -0.39 is 0 Å². The van der Waals surface area contributed by atoms with Crippen molar-refractivity contribution in [2.24, 2.45) is 0 Å². The van der Waals surface area contributed by atoms with Crippen molar-refractivity contribution in [3.8, 4) is 11.8 Å². The van der Waals surface area contributed by atoms with Gasteiger partial charge in [0.2, 0.25) is 0 Å². The Morgan fingerprint density at radius 2 is 1.85 bits per heavy atom. The average molecular weight is 363 g/mol. The molecule has 0 aliphatic heterocycles. The number of rotatable bonds is 6. The summed E-state index contributed by atoms with van der Waals surface area (Å²) in [6, 6.07) is 15.8. The largest absolute Gasteiger partial charge is 0.268 e. The van der Waals surface area contributed by atoms with Gasteiger partial charge in [0, 0.05) is 12.2 Å². The molecule has 1 aromatic heterocycles. The number of thioether (sulfide) groups is 1.